The third-order valence-corrected chi connectivity index (χ3v) is 7.00. The molecule has 0 radical (unpaired) electrons. The molecule has 8 nitrogen and oxygen atoms in total. The molecule has 1 aromatic carbocycles. The molecule has 36 heavy (non-hydrogen) atoms. The van der Waals surface area contributed by atoms with Crippen molar-refractivity contribution in [1.29, 1.82) is 0 Å². The molecule has 0 fully saturated rings. The van der Waals surface area contributed by atoms with Crippen molar-refractivity contribution in [1.82, 2.24) is 14.7 Å². The van der Waals surface area contributed by atoms with Crippen LogP contribution in [0.1, 0.15) is 55.4 Å². The van der Waals surface area contributed by atoms with Crippen molar-refractivity contribution in [3.63, 3.8) is 0 Å². The van der Waals surface area contributed by atoms with E-state index in [1.54, 1.807) is 35.2 Å². The Morgan fingerprint density at radius 1 is 1.03 bits per heavy atom. The van der Waals surface area contributed by atoms with Crippen LogP contribution in [-0.4, -0.2) is 29.0 Å². The van der Waals surface area contributed by atoms with E-state index < -0.39 is 49.8 Å². The van der Waals surface area contributed by atoms with Gasteiger partial charge >= 0.3 is 6.18 Å². The second-order valence-corrected chi connectivity index (χ2v) is 11.2. The van der Waals surface area contributed by atoms with Gasteiger partial charge in [0.25, 0.3) is 5.91 Å². The number of carbonyl (C=O) groups is 1. The number of aromatic nitrogens is 2. The lowest BCUT2D eigenvalue weighted by atomic mass is 10.1. The minimum atomic E-state index is -4.87. The fourth-order valence-electron chi connectivity index (χ4n) is 2.82. The van der Waals surface area contributed by atoms with Gasteiger partial charge < -0.3 is 9.47 Å². The number of carbonyl (C=O) groups excluding carboxylic acids is 1. The number of nitrogens with one attached hydrogen (secondary N) is 1. The zero-order valence-electron chi connectivity index (χ0n) is 19.8. The zero-order chi connectivity index (χ0) is 26.7. The Labute approximate surface area is 206 Å². The molecule has 0 aliphatic carbocycles. The summed E-state index contributed by atoms with van der Waals surface area (Å²) in [5, 5.41) is 0. The van der Waals surface area contributed by atoms with Gasteiger partial charge in [-0.2, -0.15) is 13.2 Å². The molecule has 0 bridgehead atoms. The topological polar surface area (TPSA) is 107 Å². The van der Waals surface area contributed by atoms with Crippen LogP contribution in [0.2, 0.25) is 0 Å². The third-order valence-electron chi connectivity index (χ3n) is 4.93. The number of nitrogens with zero attached hydrogens (tertiary/aromatic N) is 2. The van der Waals surface area contributed by atoms with Gasteiger partial charge in [-0.05, 0) is 70.2 Å². The molecular weight excluding hydrogens is 499 g/mol. The lowest BCUT2D eigenvalue weighted by Gasteiger charge is -2.21. The smallest absolute Gasteiger partial charge is 0.419 e. The molecule has 0 saturated carbocycles. The van der Waals surface area contributed by atoms with E-state index in [-0.39, 0.29) is 0 Å². The molecule has 1 unspecified atom stereocenters. The maximum absolute atomic E-state index is 13.8. The molecule has 3 rings (SSSR count). The van der Waals surface area contributed by atoms with Crippen LogP contribution in [0.3, 0.4) is 0 Å². The maximum atomic E-state index is 13.8. The summed E-state index contributed by atoms with van der Waals surface area (Å²) in [4.78, 5) is 20.5. The Bertz CT molecular complexity index is 1320. The molecule has 12 heteroatoms. The number of hydrogen-bond donors (Lipinski definition) is 1. The van der Waals surface area contributed by atoms with Gasteiger partial charge in [0.1, 0.15) is 23.4 Å². The van der Waals surface area contributed by atoms with E-state index in [0.29, 0.717) is 23.3 Å². The summed E-state index contributed by atoms with van der Waals surface area (Å²) >= 11 is 0. The molecular formula is C24H24F3N3O5S. The molecule has 0 spiro atoms. The first-order chi connectivity index (χ1) is 16.7. The van der Waals surface area contributed by atoms with E-state index in [9.17, 15) is 26.4 Å². The first-order valence-electron chi connectivity index (χ1n) is 10.7. The van der Waals surface area contributed by atoms with Gasteiger partial charge in [-0.15, -0.1) is 0 Å². The summed E-state index contributed by atoms with van der Waals surface area (Å²) in [7, 11) is -4.12. The molecule has 192 valence electrons. The van der Waals surface area contributed by atoms with Gasteiger partial charge in [0, 0.05) is 11.8 Å². The second kappa shape index (κ2) is 10.1. The molecule has 2 aromatic heterocycles. The van der Waals surface area contributed by atoms with Crippen LogP contribution in [0.5, 0.6) is 17.2 Å². The van der Waals surface area contributed by atoms with Crippen molar-refractivity contribution in [3.8, 4) is 17.2 Å². The standard InChI is InChI=1S/C24H24F3N3O5S/c1-15(20-9-8-18(14-29-20)35-17-6-5-11-28-13-17)34-21-10-7-16(12-19(21)24(25,26)27)22(31)30-36(32,33)23(2,3)4/h5-15H,1-4H3,(H,30,31). The number of hydrogen-bond acceptors (Lipinski definition) is 7. The molecule has 0 aliphatic heterocycles. The zero-order valence-corrected chi connectivity index (χ0v) is 20.6. The molecule has 2 heterocycles. The van der Waals surface area contributed by atoms with Crippen LogP contribution >= 0.6 is 0 Å². The fraction of sp³-hybridized carbons (Fsp3) is 0.292. The second-order valence-electron chi connectivity index (χ2n) is 8.73. The summed E-state index contributed by atoms with van der Waals surface area (Å²) in [6, 6.07) is 9.11. The highest BCUT2D eigenvalue weighted by Gasteiger charge is 2.37. The highest BCUT2D eigenvalue weighted by Crippen LogP contribution is 2.38. The molecule has 0 aliphatic rings. The van der Waals surface area contributed by atoms with Crippen molar-refractivity contribution in [2.45, 2.75) is 44.7 Å². The minimum absolute atomic E-state index is 0.333. The lowest BCUT2D eigenvalue weighted by Crippen LogP contribution is -2.42. The number of rotatable bonds is 7. The average molecular weight is 524 g/mol. The minimum Gasteiger partial charge on any atom is -0.484 e. The van der Waals surface area contributed by atoms with Gasteiger partial charge in [-0.25, -0.2) is 13.1 Å². The third kappa shape index (κ3) is 6.51. The van der Waals surface area contributed by atoms with E-state index in [1.165, 1.54) is 40.1 Å². The van der Waals surface area contributed by atoms with Gasteiger partial charge in [0.15, 0.2) is 0 Å². The Balaban J connectivity index is 1.80. The molecule has 1 amide bonds. The number of sulfonamides is 1. The number of halogens is 3. The van der Waals surface area contributed by atoms with Crippen LogP contribution in [0, 0.1) is 0 Å². The number of pyridine rings is 2. The number of ether oxygens (including phenoxy) is 2. The number of benzene rings is 1. The highest BCUT2D eigenvalue weighted by molar-refractivity contribution is 7.91. The van der Waals surface area contributed by atoms with Gasteiger partial charge in [-0.3, -0.25) is 14.8 Å². The predicted molar refractivity (Wildman–Crippen MR) is 125 cm³/mol. The summed E-state index contributed by atoms with van der Waals surface area (Å²) in [5.74, 6) is -0.829. The highest BCUT2D eigenvalue weighted by atomic mass is 32.2. The van der Waals surface area contributed by atoms with Crippen LogP contribution in [0.4, 0.5) is 13.2 Å². The molecule has 3 aromatic rings. The number of alkyl halides is 3. The SMILES string of the molecule is CC(Oc1ccc(C(=O)NS(=O)(=O)C(C)(C)C)cc1C(F)(F)F)c1ccc(Oc2cccnc2)cn1. The Kier molecular flexibility index (Phi) is 7.58. The van der Waals surface area contributed by atoms with Crippen molar-refractivity contribution >= 4 is 15.9 Å². The first kappa shape index (κ1) is 26.9. The largest absolute Gasteiger partial charge is 0.484 e. The maximum Gasteiger partial charge on any atom is 0.419 e. The Morgan fingerprint density at radius 2 is 1.72 bits per heavy atom. The van der Waals surface area contributed by atoms with E-state index in [0.717, 1.165) is 12.1 Å². The number of amides is 1. The average Bonchev–Trinajstić information content (AvgIpc) is 2.78. The van der Waals surface area contributed by atoms with Crippen LogP contribution in [0.25, 0.3) is 0 Å². The van der Waals surface area contributed by atoms with Crippen molar-refractivity contribution in [2.24, 2.45) is 0 Å². The lowest BCUT2D eigenvalue weighted by molar-refractivity contribution is -0.139. The monoisotopic (exact) mass is 523 g/mol. The molecule has 1 N–H and O–H groups in total. The molecule has 0 saturated heterocycles. The van der Waals surface area contributed by atoms with E-state index >= 15 is 0 Å². The normalized spacial score (nSPS) is 13.1. The summed E-state index contributed by atoms with van der Waals surface area (Å²) in [6.45, 7) is 5.58. The predicted octanol–water partition coefficient (Wildman–Crippen LogP) is 5.29. The quantitative estimate of drug-likeness (QED) is 0.449. The first-order valence-corrected chi connectivity index (χ1v) is 12.1. The van der Waals surface area contributed by atoms with Crippen LogP contribution in [-0.2, 0) is 16.2 Å². The van der Waals surface area contributed by atoms with Gasteiger partial charge in [0.05, 0.1) is 28.4 Å². The van der Waals surface area contributed by atoms with Crippen LogP contribution < -0.4 is 14.2 Å². The summed E-state index contributed by atoms with van der Waals surface area (Å²) < 4.78 is 77.3. The van der Waals surface area contributed by atoms with E-state index in [2.05, 4.69) is 9.97 Å². The van der Waals surface area contributed by atoms with E-state index in [1.807, 2.05) is 0 Å². The Morgan fingerprint density at radius 3 is 2.28 bits per heavy atom. The summed E-state index contributed by atoms with van der Waals surface area (Å²) in [5.41, 5.74) is -1.38. The van der Waals surface area contributed by atoms with Crippen molar-refractivity contribution in [3.05, 3.63) is 77.9 Å². The van der Waals surface area contributed by atoms with Crippen LogP contribution in [0.15, 0.2) is 61.1 Å². The fourth-order valence-corrected chi connectivity index (χ4v) is 3.48. The molecule has 1 atom stereocenters. The van der Waals surface area contributed by atoms with E-state index in [4.69, 9.17) is 9.47 Å². The Hall–Kier alpha value is -3.67. The van der Waals surface area contributed by atoms with Gasteiger partial charge in [-0.1, -0.05) is 0 Å². The summed E-state index contributed by atoms with van der Waals surface area (Å²) in [6.07, 6.45) is -1.26. The van der Waals surface area contributed by atoms with Gasteiger partial charge in [0.2, 0.25) is 10.0 Å². The van der Waals surface area contributed by atoms with Crippen molar-refractivity contribution < 1.29 is 35.9 Å². The van der Waals surface area contributed by atoms with Crippen molar-refractivity contribution in [2.75, 3.05) is 0 Å².